The predicted molar refractivity (Wildman–Crippen MR) is 149 cm³/mol. The summed E-state index contributed by atoms with van der Waals surface area (Å²) in [4.78, 5) is 31.9. The minimum absolute atomic E-state index is 0.181. The van der Waals surface area contributed by atoms with Crippen LogP contribution in [-0.2, 0) is 21.5 Å². The van der Waals surface area contributed by atoms with Gasteiger partial charge in [0.2, 0.25) is 5.91 Å². The fourth-order valence-corrected chi connectivity index (χ4v) is 9.85. The molecular weight excluding hydrogens is 468 g/mol. The smallest absolute Gasteiger partial charge is 0.223 e. The molecule has 38 heavy (non-hydrogen) atoms. The zero-order valence-electron chi connectivity index (χ0n) is 22.7. The number of rotatable bonds is 7. The van der Waals surface area contributed by atoms with Gasteiger partial charge in [0, 0.05) is 49.9 Å². The summed E-state index contributed by atoms with van der Waals surface area (Å²) in [6.07, 6.45) is 10.1. The molecule has 8 rings (SSSR count). The number of hydrogen-bond donors (Lipinski definition) is 0. The molecule has 6 fully saturated rings. The monoisotopic (exact) mass is 510 g/mol. The Morgan fingerprint density at radius 3 is 2.21 bits per heavy atom. The molecule has 6 aliphatic rings. The van der Waals surface area contributed by atoms with Gasteiger partial charge in [0.1, 0.15) is 5.78 Å². The molecule has 2 heterocycles. The summed E-state index contributed by atoms with van der Waals surface area (Å²) in [5.41, 5.74) is 3.06. The number of Topliss-reactive ketones (excluding diaryl/α,β-unsaturated/α-hetero) is 1. The fourth-order valence-electron chi connectivity index (χ4n) is 9.85. The molecule has 0 radical (unpaired) electrons. The molecule has 2 aliphatic heterocycles. The zero-order valence-corrected chi connectivity index (χ0v) is 22.7. The zero-order chi connectivity index (χ0) is 25.8. The van der Waals surface area contributed by atoms with Gasteiger partial charge in [-0.2, -0.15) is 0 Å². The van der Waals surface area contributed by atoms with E-state index in [-0.39, 0.29) is 22.2 Å². The largest absolute Gasteiger partial charge is 0.342 e. The summed E-state index contributed by atoms with van der Waals surface area (Å²) in [6, 6.07) is 21.7. The van der Waals surface area contributed by atoms with Crippen LogP contribution < -0.4 is 0 Å². The molecule has 1 amide bonds. The van der Waals surface area contributed by atoms with Gasteiger partial charge in [-0.25, -0.2) is 0 Å². The first-order valence-corrected chi connectivity index (χ1v) is 15.1. The van der Waals surface area contributed by atoms with Crippen LogP contribution >= 0.6 is 0 Å². The van der Waals surface area contributed by atoms with Crippen molar-refractivity contribution < 1.29 is 9.59 Å². The van der Waals surface area contributed by atoms with Gasteiger partial charge in [-0.1, -0.05) is 60.7 Å². The third kappa shape index (κ3) is 4.33. The molecule has 3 unspecified atom stereocenters. The van der Waals surface area contributed by atoms with Crippen molar-refractivity contribution in [3.05, 3.63) is 71.8 Å². The second-order valence-electron chi connectivity index (χ2n) is 13.8. The lowest BCUT2D eigenvalue weighted by Crippen LogP contribution is -2.56. The Hall–Kier alpha value is -2.46. The molecule has 0 N–H and O–H groups in total. The van der Waals surface area contributed by atoms with E-state index in [1.807, 2.05) is 0 Å². The van der Waals surface area contributed by atoms with Crippen molar-refractivity contribution in [2.24, 2.45) is 22.7 Å². The van der Waals surface area contributed by atoms with E-state index in [9.17, 15) is 9.59 Å². The molecule has 4 heteroatoms. The van der Waals surface area contributed by atoms with Crippen molar-refractivity contribution >= 4 is 11.7 Å². The van der Waals surface area contributed by atoms with Crippen molar-refractivity contribution in [2.45, 2.75) is 76.2 Å². The molecule has 4 saturated carbocycles. The van der Waals surface area contributed by atoms with E-state index in [4.69, 9.17) is 0 Å². The summed E-state index contributed by atoms with van der Waals surface area (Å²) in [7, 11) is 0. The van der Waals surface area contributed by atoms with E-state index in [0.717, 1.165) is 58.4 Å². The van der Waals surface area contributed by atoms with Crippen LogP contribution in [-0.4, -0.2) is 47.7 Å². The SMILES string of the molecule is O=C(CCC(=O)C12CC3CC(C1)CC(c1ccccc1)(C3)C2)N1CCC2(CCN(Cc3ccccc3)C2)C1. The summed E-state index contributed by atoms with van der Waals surface area (Å²) >= 11 is 0. The maximum atomic E-state index is 13.9. The van der Waals surface area contributed by atoms with Gasteiger partial charge >= 0.3 is 0 Å². The number of hydrogen-bond acceptors (Lipinski definition) is 3. The van der Waals surface area contributed by atoms with Crippen LogP contribution in [0.1, 0.15) is 75.3 Å². The first-order valence-electron chi connectivity index (χ1n) is 15.1. The Morgan fingerprint density at radius 1 is 0.789 bits per heavy atom. The molecule has 2 aromatic rings. The van der Waals surface area contributed by atoms with Gasteiger partial charge in [0.25, 0.3) is 0 Å². The molecule has 4 nitrogen and oxygen atoms in total. The minimum atomic E-state index is -0.185. The number of benzene rings is 2. The third-order valence-electron chi connectivity index (χ3n) is 11.2. The van der Waals surface area contributed by atoms with Crippen molar-refractivity contribution in [1.82, 2.24) is 9.80 Å². The van der Waals surface area contributed by atoms with Crippen LogP contribution in [0.25, 0.3) is 0 Å². The molecular formula is C34H42N2O2. The molecule has 2 saturated heterocycles. The quantitative estimate of drug-likeness (QED) is 0.459. The number of carbonyl (C=O) groups is 2. The second-order valence-corrected chi connectivity index (χ2v) is 13.8. The van der Waals surface area contributed by atoms with E-state index in [2.05, 4.69) is 70.5 Å². The molecule has 4 aliphatic carbocycles. The van der Waals surface area contributed by atoms with Crippen LogP contribution in [0.2, 0.25) is 0 Å². The third-order valence-corrected chi connectivity index (χ3v) is 11.2. The number of ketones is 1. The van der Waals surface area contributed by atoms with E-state index < -0.39 is 0 Å². The fraction of sp³-hybridized carbons (Fsp3) is 0.588. The number of amides is 1. The maximum Gasteiger partial charge on any atom is 0.223 e. The summed E-state index contributed by atoms with van der Waals surface area (Å²) in [5.74, 6) is 1.95. The van der Waals surface area contributed by atoms with Gasteiger partial charge in [-0.3, -0.25) is 14.5 Å². The van der Waals surface area contributed by atoms with Crippen LogP contribution in [0.5, 0.6) is 0 Å². The van der Waals surface area contributed by atoms with Gasteiger partial charge in [0.15, 0.2) is 0 Å². The number of nitrogens with zero attached hydrogens (tertiary/aromatic N) is 2. The Balaban J connectivity index is 0.965. The highest BCUT2D eigenvalue weighted by molar-refractivity contribution is 5.89. The molecule has 2 aromatic carbocycles. The number of likely N-dealkylation sites (tertiary alicyclic amines) is 2. The van der Waals surface area contributed by atoms with Gasteiger partial charge in [0.05, 0.1) is 0 Å². The highest BCUT2D eigenvalue weighted by Gasteiger charge is 2.60. The van der Waals surface area contributed by atoms with Gasteiger partial charge in [-0.05, 0) is 86.3 Å². The van der Waals surface area contributed by atoms with Gasteiger partial charge < -0.3 is 4.90 Å². The second kappa shape index (κ2) is 9.33. The van der Waals surface area contributed by atoms with Crippen LogP contribution in [0.4, 0.5) is 0 Å². The minimum Gasteiger partial charge on any atom is -0.342 e. The average Bonchev–Trinajstić information content (AvgIpc) is 3.53. The van der Waals surface area contributed by atoms with Crippen molar-refractivity contribution in [1.29, 1.82) is 0 Å². The van der Waals surface area contributed by atoms with Gasteiger partial charge in [-0.15, -0.1) is 0 Å². The highest BCUT2D eigenvalue weighted by Crippen LogP contribution is 2.66. The van der Waals surface area contributed by atoms with Crippen LogP contribution in [0, 0.1) is 22.7 Å². The lowest BCUT2D eigenvalue weighted by Gasteiger charge is -2.62. The Morgan fingerprint density at radius 2 is 1.47 bits per heavy atom. The Labute approximate surface area is 227 Å². The van der Waals surface area contributed by atoms with E-state index >= 15 is 0 Å². The van der Waals surface area contributed by atoms with E-state index in [1.165, 1.54) is 36.8 Å². The summed E-state index contributed by atoms with van der Waals surface area (Å²) in [5, 5.41) is 0. The van der Waals surface area contributed by atoms with Crippen molar-refractivity contribution in [3.8, 4) is 0 Å². The van der Waals surface area contributed by atoms with E-state index in [0.29, 0.717) is 30.5 Å². The molecule has 3 atom stereocenters. The predicted octanol–water partition coefficient (Wildman–Crippen LogP) is 6.00. The first-order chi connectivity index (χ1) is 18.4. The summed E-state index contributed by atoms with van der Waals surface area (Å²) in [6.45, 7) is 4.93. The van der Waals surface area contributed by atoms with Crippen LogP contribution in [0.15, 0.2) is 60.7 Å². The topological polar surface area (TPSA) is 40.6 Å². The Kier molecular flexibility index (Phi) is 6.03. The van der Waals surface area contributed by atoms with Crippen molar-refractivity contribution in [2.75, 3.05) is 26.2 Å². The molecule has 4 bridgehead atoms. The highest BCUT2D eigenvalue weighted by atomic mass is 16.2. The Bertz CT molecular complexity index is 1180. The lowest BCUT2D eigenvalue weighted by atomic mass is 9.42. The normalized spacial score (nSPS) is 35.8. The first kappa shape index (κ1) is 24.6. The number of carbonyl (C=O) groups excluding carboxylic acids is 2. The standard InChI is InChI=1S/C34H42N2O2/c37-30(34-20-27-17-28(21-34)19-33(18-27,23-34)29-9-5-2-6-10-29)11-12-31(38)36-16-14-32(25-36)13-15-35(24-32)22-26-7-3-1-4-8-26/h1-10,27-28H,11-25H2. The average molecular weight is 511 g/mol. The maximum absolute atomic E-state index is 13.9. The van der Waals surface area contributed by atoms with Crippen molar-refractivity contribution in [3.63, 3.8) is 0 Å². The van der Waals surface area contributed by atoms with Crippen LogP contribution in [0.3, 0.4) is 0 Å². The lowest BCUT2D eigenvalue weighted by molar-refractivity contribution is -0.148. The molecule has 1 spiro atoms. The molecule has 200 valence electrons. The summed E-state index contributed by atoms with van der Waals surface area (Å²) < 4.78 is 0. The molecule has 0 aromatic heterocycles. The van der Waals surface area contributed by atoms with E-state index in [1.54, 1.807) is 0 Å².